The zero-order valence-electron chi connectivity index (χ0n) is 36.5. The third-order valence-electron chi connectivity index (χ3n) is 10.9. The molecule has 0 aromatic heterocycles. The summed E-state index contributed by atoms with van der Waals surface area (Å²) in [6.45, 7) is 21.2. The van der Waals surface area contributed by atoms with Crippen LogP contribution in [-0.4, -0.2) is 101 Å². The van der Waals surface area contributed by atoms with Gasteiger partial charge in [-0.1, -0.05) is 0 Å². The van der Waals surface area contributed by atoms with E-state index in [0.717, 1.165) is 9.80 Å². The molecular formula is C44H50HgN4O10S2. The van der Waals surface area contributed by atoms with E-state index in [1.807, 2.05) is 27.7 Å². The van der Waals surface area contributed by atoms with Gasteiger partial charge < -0.3 is 0 Å². The summed E-state index contributed by atoms with van der Waals surface area (Å²) in [6.07, 6.45) is 0. The van der Waals surface area contributed by atoms with Crippen LogP contribution in [0.15, 0.2) is 71.1 Å². The van der Waals surface area contributed by atoms with Gasteiger partial charge in [-0.05, 0) is 0 Å². The standard InChI is InChI=1S/2C22H26N2O5S.Hg/c2*1-11(2)12(3)15(21(28)29-22(4,5)6)24-19(27)16(20(24)30)23-17(25)13-9-7-8-10-14(13)18(23)26;/h2*7-11,16,20,30H,1-6H3;/q;;+2/p-2/b2*15-12-;. The van der Waals surface area contributed by atoms with Gasteiger partial charge >= 0.3 is 375 Å². The van der Waals surface area contributed by atoms with Gasteiger partial charge in [0.2, 0.25) is 0 Å². The molecule has 0 saturated carbocycles. The van der Waals surface area contributed by atoms with Crippen LogP contribution < -0.4 is 0 Å². The number of benzene rings is 2. The van der Waals surface area contributed by atoms with Gasteiger partial charge in [-0.3, -0.25) is 0 Å². The second-order valence-corrected chi connectivity index (χ2v) is 36.6. The number of β-lactam (4-membered cyclic amide) rings is 2. The first kappa shape index (κ1) is 46.2. The molecule has 14 nitrogen and oxygen atoms in total. The molecule has 0 aliphatic carbocycles. The summed E-state index contributed by atoms with van der Waals surface area (Å²) in [4.78, 5) is 117. The van der Waals surface area contributed by atoms with Crippen LogP contribution in [0.2, 0.25) is 0 Å². The van der Waals surface area contributed by atoms with Crippen molar-refractivity contribution in [3.8, 4) is 0 Å². The molecule has 4 aliphatic heterocycles. The first-order valence-electron chi connectivity index (χ1n) is 20.1. The predicted octanol–water partition coefficient (Wildman–Crippen LogP) is 6.57. The fourth-order valence-electron chi connectivity index (χ4n) is 7.38. The van der Waals surface area contributed by atoms with Crippen molar-refractivity contribution in [3.05, 3.63) is 93.3 Å². The molecular weight excluding hydrogens is 1010 g/mol. The van der Waals surface area contributed by atoms with Crippen LogP contribution in [-0.2, 0) is 50.2 Å². The Bertz CT molecular complexity index is 2100. The monoisotopic (exact) mass is 1060 g/mol. The summed E-state index contributed by atoms with van der Waals surface area (Å²) in [6, 6.07) is 10.1. The molecule has 6 rings (SSSR count). The molecule has 61 heavy (non-hydrogen) atoms. The molecule has 320 valence electrons. The van der Waals surface area contributed by atoms with Crippen LogP contribution >= 0.6 is 16.5 Å². The van der Waals surface area contributed by atoms with Crippen LogP contribution in [0.4, 0.5) is 0 Å². The van der Waals surface area contributed by atoms with Gasteiger partial charge in [-0.25, -0.2) is 0 Å². The maximum atomic E-state index is 14.5. The summed E-state index contributed by atoms with van der Waals surface area (Å²) >= 11 is -2.73. The molecule has 0 bridgehead atoms. The topological polar surface area (TPSA) is 168 Å². The third-order valence-corrected chi connectivity index (χ3v) is 31.1. The number of carbonyl (C=O) groups is 8. The summed E-state index contributed by atoms with van der Waals surface area (Å²) in [7, 11) is 2.70. The van der Waals surface area contributed by atoms with Gasteiger partial charge in [0.15, 0.2) is 0 Å². The van der Waals surface area contributed by atoms with Gasteiger partial charge in [0.1, 0.15) is 0 Å². The Morgan fingerprint density at radius 3 is 1.08 bits per heavy atom. The van der Waals surface area contributed by atoms with Crippen molar-refractivity contribution in [2.75, 3.05) is 0 Å². The fourth-order valence-corrected chi connectivity index (χ4v) is 30.6. The fraction of sp³-hybridized carbons (Fsp3) is 0.455. The molecule has 4 atom stereocenters. The number of rotatable bonds is 12. The first-order valence-corrected chi connectivity index (χ1v) is 35.7. The molecule has 0 spiro atoms. The van der Waals surface area contributed by atoms with Crippen molar-refractivity contribution >= 4 is 63.9 Å². The zero-order valence-corrected chi connectivity index (χ0v) is 43.6. The molecule has 2 aromatic carbocycles. The Hall–Kier alpha value is -4.28. The van der Waals surface area contributed by atoms with Gasteiger partial charge in [-0.2, -0.15) is 0 Å². The van der Waals surface area contributed by atoms with Crippen LogP contribution in [0.3, 0.4) is 0 Å². The number of allylic oxidation sites excluding steroid dienone is 2. The van der Waals surface area contributed by atoms with Crippen molar-refractivity contribution in [3.63, 3.8) is 0 Å². The number of hydrogen-bond acceptors (Lipinski definition) is 12. The van der Waals surface area contributed by atoms with E-state index in [9.17, 15) is 38.4 Å². The molecule has 2 aromatic rings. The SMILES string of the molecule is C/C(=C(\C(=O)OC(C)(C)C)N1C(=O)C(N2C(=O)c3ccccc3C2=O)C1[S][Hg][S]C1C(N2C(=O)c3ccccc3C2=O)C(=O)N1/C(C(=O)OC(C)(C)C)=C(/C)C(C)C)C(C)C. The molecule has 4 aliphatic rings. The van der Waals surface area contributed by atoms with Crippen molar-refractivity contribution in [1.29, 1.82) is 0 Å². The number of carbonyl (C=O) groups excluding carboxylic acids is 8. The molecule has 0 radical (unpaired) electrons. The quantitative estimate of drug-likeness (QED) is 0.0739. The molecule has 2 fully saturated rings. The number of likely N-dealkylation sites (tertiary alicyclic amines) is 2. The van der Waals surface area contributed by atoms with E-state index < -0.39 is 103 Å². The Kier molecular flexibility index (Phi) is 13.0. The van der Waals surface area contributed by atoms with E-state index in [0.29, 0.717) is 11.1 Å². The number of fused-ring (bicyclic) bond motifs is 2. The Morgan fingerprint density at radius 2 is 0.836 bits per heavy atom. The Labute approximate surface area is 372 Å². The molecule has 2 saturated heterocycles. The molecule has 4 unspecified atom stereocenters. The number of esters is 2. The number of imide groups is 2. The summed E-state index contributed by atoms with van der Waals surface area (Å²) in [5, 5.41) is -1.83. The Morgan fingerprint density at radius 1 is 0.557 bits per heavy atom. The van der Waals surface area contributed by atoms with E-state index in [1.165, 1.54) is 50.5 Å². The number of amides is 6. The van der Waals surface area contributed by atoms with Crippen molar-refractivity contribution < 1.29 is 69.4 Å². The first-order chi connectivity index (χ1) is 28.4. The minimum atomic E-state index is -2.73. The Balaban J connectivity index is 1.41. The van der Waals surface area contributed by atoms with Crippen molar-refractivity contribution in [1.82, 2.24) is 19.6 Å². The van der Waals surface area contributed by atoms with Crippen LogP contribution in [0.25, 0.3) is 0 Å². The predicted molar refractivity (Wildman–Crippen MR) is 225 cm³/mol. The van der Waals surface area contributed by atoms with E-state index >= 15 is 0 Å². The van der Waals surface area contributed by atoms with Crippen molar-refractivity contribution in [2.24, 2.45) is 11.8 Å². The number of nitrogens with zero attached hydrogens (tertiary/aromatic N) is 4. The van der Waals surface area contributed by atoms with Crippen molar-refractivity contribution in [2.45, 2.75) is 117 Å². The average molecular weight is 1060 g/mol. The average Bonchev–Trinajstić information content (AvgIpc) is 3.56. The number of hydrogen-bond donors (Lipinski definition) is 0. The van der Waals surface area contributed by atoms with E-state index in [-0.39, 0.29) is 45.5 Å². The van der Waals surface area contributed by atoms with E-state index in [1.54, 1.807) is 79.7 Å². The summed E-state index contributed by atoms with van der Waals surface area (Å²) in [5.41, 5.74) is -0.00580. The second kappa shape index (κ2) is 17.1. The van der Waals surface area contributed by atoms with Gasteiger partial charge in [0, 0.05) is 0 Å². The molecule has 17 heteroatoms. The van der Waals surface area contributed by atoms with E-state index in [2.05, 4.69) is 0 Å². The van der Waals surface area contributed by atoms with Crippen LogP contribution in [0.1, 0.15) is 125 Å². The zero-order chi connectivity index (χ0) is 45.2. The minimum absolute atomic E-state index is 0.0192. The molecule has 4 heterocycles. The maximum absolute atomic E-state index is 14.5. The van der Waals surface area contributed by atoms with Gasteiger partial charge in [-0.15, -0.1) is 0 Å². The second-order valence-electron chi connectivity index (χ2n) is 18.0. The summed E-state index contributed by atoms with van der Waals surface area (Å²) < 4.78 is 11.6. The van der Waals surface area contributed by atoms with Crippen LogP contribution in [0, 0.1) is 11.8 Å². The third kappa shape index (κ3) is 8.48. The number of ether oxygens (including phenoxy) is 2. The van der Waals surface area contributed by atoms with E-state index in [4.69, 9.17) is 9.47 Å². The molecule has 0 N–H and O–H groups in total. The molecule has 6 amide bonds. The van der Waals surface area contributed by atoms with Gasteiger partial charge in [0.05, 0.1) is 0 Å². The normalized spacial score (nSPS) is 22.2. The van der Waals surface area contributed by atoms with Gasteiger partial charge in [0.25, 0.3) is 0 Å². The van der Waals surface area contributed by atoms with Crippen LogP contribution in [0.5, 0.6) is 0 Å². The summed E-state index contributed by atoms with van der Waals surface area (Å²) in [5.74, 6) is -5.64.